The summed E-state index contributed by atoms with van der Waals surface area (Å²) in [7, 11) is 1.36. The number of rotatable bonds is 9. The molecule has 0 saturated heterocycles. The number of fused-ring (bicyclic) bond motifs is 1. The number of halogens is 2. The van der Waals surface area contributed by atoms with Gasteiger partial charge in [-0.05, 0) is 78.4 Å². The molecule has 0 saturated carbocycles. The summed E-state index contributed by atoms with van der Waals surface area (Å²) in [6.45, 7) is 3.65. The monoisotopic (exact) mass is 616 g/mol. The lowest BCUT2D eigenvalue weighted by Crippen LogP contribution is -2.07. The van der Waals surface area contributed by atoms with E-state index in [4.69, 9.17) is 31.3 Å². The highest BCUT2D eigenvalue weighted by Gasteiger charge is 2.10. The summed E-state index contributed by atoms with van der Waals surface area (Å²) in [5.74, 6) is -0.555. The minimum atomic E-state index is -1.05. The van der Waals surface area contributed by atoms with Gasteiger partial charge in [0.1, 0.15) is 30.3 Å². The van der Waals surface area contributed by atoms with Gasteiger partial charge in [0.2, 0.25) is 5.91 Å². The van der Waals surface area contributed by atoms with Crippen LogP contribution < -0.4 is 20.1 Å². The molecule has 0 spiro atoms. The molecule has 44 heavy (non-hydrogen) atoms. The number of nitrogens with one attached hydrogen (secondary N) is 2. The normalized spacial score (nSPS) is 10.2. The van der Waals surface area contributed by atoms with E-state index in [2.05, 4.69) is 27.2 Å². The van der Waals surface area contributed by atoms with E-state index >= 15 is 0 Å². The van der Waals surface area contributed by atoms with Crippen LogP contribution in [0.3, 0.4) is 0 Å². The van der Waals surface area contributed by atoms with Crippen molar-refractivity contribution in [2.75, 3.05) is 17.7 Å². The Morgan fingerprint density at radius 2 is 1.80 bits per heavy atom. The van der Waals surface area contributed by atoms with Gasteiger partial charge >= 0.3 is 5.97 Å². The Kier molecular flexibility index (Phi) is 10.3. The van der Waals surface area contributed by atoms with E-state index < -0.39 is 5.97 Å². The zero-order valence-electron chi connectivity index (χ0n) is 23.3. The molecule has 1 amide bonds. The van der Waals surface area contributed by atoms with Crippen molar-refractivity contribution in [1.29, 1.82) is 0 Å². The average molecular weight is 617 g/mol. The SMILES string of the molecule is C=CC(=O)Nc1ccc2ncnc(Nc3ccc(OCc4cccc(F)c4)c(Cl)c3)c2c1.COc1cc(C(=O)O)ccc1O. The lowest BCUT2D eigenvalue weighted by Gasteiger charge is -2.12. The van der Waals surface area contributed by atoms with Gasteiger partial charge in [-0.3, -0.25) is 4.79 Å². The first-order valence-electron chi connectivity index (χ1n) is 12.9. The van der Waals surface area contributed by atoms with Crippen molar-refractivity contribution in [2.45, 2.75) is 6.61 Å². The highest BCUT2D eigenvalue weighted by molar-refractivity contribution is 6.32. The molecule has 0 aliphatic rings. The Hall–Kier alpha value is -5.68. The smallest absolute Gasteiger partial charge is 0.335 e. The number of nitrogens with zero attached hydrogens (tertiary/aromatic N) is 2. The predicted octanol–water partition coefficient (Wildman–Crippen LogP) is 6.97. The lowest BCUT2D eigenvalue weighted by molar-refractivity contribution is -0.111. The number of amides is 1. The molecule has 0 aliphatic heterocycles. The first-order chi connectivity index (χ1) is 21.2. The molecule has 1 heterocycles. The van der Waals surface area contributed by atoms with E-state index in [1.807, 2.05) is 0 Å². The summed E-state index contributed by atoms with van der Waals surface area (Å²) in [6.07, 6.45) is 2.65. The molecule has 0 radical (unpaired) electrons. The summed E-state index contributed by atoms with van der Waals surface area (Å²) in [5, 5.41) is 24.7. The van der Waals surface area contributed by atoms with Gasteiger partial charge in [-0.25, -0.2) is 19.2 Å². The zero-order chi connectivity index (χ0) is 31.6. The standard InChI is InChI=1S/C24H18ClFN4O2.C8H8O4/c1-2-23(31)29-17-6-8-21-19(11-17)24(28-14-27-21)30-18-7-9-22(20(25)12-18)32-13-15-4-3-5-16(26)10-15;1-12-7-4-5(8(10)11)2-3-6(7)9/h2-12,14H,1,13H2,(H,29,31)(H,27,28,30);2-4,9H,1H3,(H,10,11). The van der Waals surface area contributed by atoms with Crippen molar-refractivity contribution >= 4 is 51.6 Å². The van der Waals surface area contributed by atoms with Crippen molar-refractivity contribution in [3.05, 3.63) is 120 Å². The number of ether oxygens (including phenoxy) is 2. The Morgan fingerprint density at radius 3 is 2.50 bits per heavy atom. The zero-order valence-corrected chi connectivity index (χ0v) is 24.0. The molecule has 224 valence electrons. The first-order valence-corrected chi connectivity index (χ1v) is 13.3. The maximum Gasteiger partial charge on any atom is 0.335 e. The van der Waals surface area contributed by atoms with Gasteiger partial charge in [-0.2, -0.15) is 0 Å². The van der Waals surface area contributed by atoms with Gasteiger partial charge in [0.25, 0.3) is 0 Å². The number of aromatic nitrogens is 2. The Morgan fingerprint density at radius 1 is 1.00 bits per heavy atom. The van der Waals surface area contributed by atoms with Gasteiger partial charge in [-0.1, -0.05) is 30.3 Å². The number of aromatic hydroxyl groups is 1. The minimum absolute atomic E-state index is 0.0671. The molecule has 5 aromatic rings. The van der Waals surface area contributed by atoms with Crippen LogP contribution >= 0.6 is 11.6 Å². The molecule has 1 aromatic heterocycles. The average Bonchev–Trinajstić information content (AvgIpc) is 3.01. The number of aromatic carboxylic acids is 1. The molecular formula is C32H26ClFN4O6. The first kappa shape index (κ1) is 31.3. The summed E-state index contributed by atoms with van der Waals surface area (Å²) in [5.41, 5.74) is 2.79. The molecule has 4 aromatic carbocycles. The summed E-state index contributed by atoms with van der Waals surface area (Å²) in [4.78, 5) is 30.6. The van der Waals surface area contributed by atoms with Crippen molar-refractivity contribution < 1.29 is 33.7 Å². The number of hydrogen-bond donors (Lipinski definition) is 4. The number of carboxylic acid groups (broad SMARTS) is 1. The maximum atomic E-state index is 13.3. The molecule has 4 N–H and O–H groups in total. The molecule has 0 unspecified atom stereocenters. The Bertz CT molecular complexity index is 1830. The van der Waals surface area contributed by atoms with Gasteiger partial charge in [0.05, 0.1) is 23.2 Å². The maximum absolute atomic E-state index is 13.3. The molecular weight excluding hydrogens is 591 g/mol. The third kappa shape index (κ3) is 8.20. The van der Waals surface area contributed by atoms with E-state index in [1.54, 1.807) is 48.5 Å². The number of anilines is 3. The minimum Gasteiger partial charge on any atom is -0.504 e. The van der Waals surface area contributed by atoms with Crippen LogP contribution in [-0.4, -0.2) is 39.2 Å². The van der Waals surface area contributed by atoms with Crippen LogP contribution in [0.2, 0.25) is 5.02 Å². The van der Waals surface area contributed by atoms with Crippen LogP contribution in [0.15, 0.2) is 97.8 Å². The van der Waals surface area contributed by atoms with E-state index in [1.165, 1.54) is 49.8 Å². The highest BCUT2D eigenvalue weighted by Crippen LogP contribution is 2.32. The fourth-order valence-corrected chi connectivity index (χ4v) is 4.09. The quantitative estimate of drug-likeness (QED) is 0.129. The van der Waals surface area contributed by atoms with Crippen molar-refractivity contribution in [1.82, 2.24) is 9.97 Å². The van der Waals surface area contributed by atoms with Gasteiger partial charge in [0.15, 0.2) is 11.5 Å². The number of carbonyl (C=O) groups excluding carboxylic acids is 1. The summed E-state index contributed by atoms with van der Waals surface area (Å²) in [6, 6.07) is 20.6. The van der Waals surface area contributed by atoms with E-state index in [0.29, 0.717) is 39.0 Å². The van der Waals surface area contributed by atoms with Gasteiger partial charge in [0, 0.05) is 16.8 Å². The van der Waals surface area contributed by atoms with Crippen LogP contribution in [0.1, 0.15) is 15.9 Å². The fraction of sp³-hybridized carbons (Fsp3) is 0.0625. The number of hydrogen-bond acceptors (Lipinski definition) is 8. The van der Waals surface area contributed by atoms with Crippen molar-refractivity contribution in [3.63, 3.8) is 0 Å². The molecule has 0 fully saturated rings. The second kappa shape index (κ2) is 14.5. The molecule has 12 heteroatoms. The van der Waals surface area contributed by atoms with Crippen LogP contribution in [0.4, 0.5) is 21.6 Å². The number of carbonyl (C=O) groups is 2. The van der Waals surface area contributed by atoms with E-state index in [0.717, 1.165) is 5.39 Å². The van der Waals surface area contributed by atoms with Crippen molar-refractivity contribution in [2.24, 2.45) is 0 Å². The summed E-state index contributed by atoms with van der Waals surface area (Å²) >= 11 is 6.38. The van der Waals surface area contributed by atoms with Crippen LogP contribution in [0.5, 0.6) is 17.2 Å². The largest absolute Gasteiger partial charge is 0.504 e. The molecule has 0 aliphatic carbocycles. The van der Waals surface area contributed by atoms with Gasteiger partial charge < -0.3 is 30.3 Å². The van der Waals surface area contributed by atoms with Crippen LogP contribution in [-0.2, 0) is 11.4 Å². The van der Waals surface area contributed by atoms with Gasteiger partial charge in [-0.15, -0.1) is 0 Å². The number of carboxylic acids is 1. The van der Waals surface area contributed by atoms with E-state index in [9.17, 15) is 14.0 Å². The van der Waals surface area contributed by atoms with Crippen LogP contribution in [0.25, 0.3) is 10.9 Å². The number of benzene rings is 4. The lowest BCUT2D eigenvalue weighted by atomic mass is 10.2. The molecule has 0 bridgehead atoms. The fourth-order valence-electron chi connectivity index (χ4n) is 3.86. The topological polar surface area (TPSA) is 143 Å². The predicted molar refractivity (Wildman–Crippen MR) is 165 cm³/mol. The molecule has 5 rings (SSSR count). The highest BCUT2D eigenvalue weighted by atomic mass is 35.5. The number of methoxy groups -OCH3 is 1. The second-order valence-electron chi connectivity index (χ2n) is 9.03. The Balaban J connectivity index is 0.000000309. The summed E-state index contributed by atoms with van der Waals surface area (Å²) < 4.78 is 23.8. The third-order valence-electron chi connectivity index (χ3n) is 5.99. The third-order valence-corrected chi connectivity index (χ3v) is 6.29. The molecule has 10 nitrogen and oxygen atoms in total. The number of phenolic OH excluding ortho intramolecular Hbond substituents is 1. The number of phenols is 1. The van der Waals surface area contributed by atoms with Crippen molar-refractivity contribution in [3.8, 4) is 17.2 Å². The Labute approximate surface area is 256 Å². The van der Waals surface area contributed by atoms with E-state index in [-0.39, 0.29) is 35.4 Å². The second-order valence-corrected chi connectivity index (χ2v) is 9.44. The molecule has 0 atom stereocenters. The van der Waals surface area contributed by atoms with Crippen LogP contribution in [0, 0.1) is 5.82 Å².